The summed E-state index contributed by atoms with van der Waals surface area (Å²) < 4.78 is 2.25. The smallest absolute Gasteiger partial charge is 0.174 e. The fourth-order valence-corrected chi connectivity index (χ4v) is 5.36. The molecule has 2 aromatic heterocycles. The lowest BCUT2D eigenvalue weighted by Crippen LogP contribution is -2.29. The molecule has 2 atom stereocenters. The molecule has 0 unspecified atom stereocenters. The first-order valence-electron chi connectivity index (χ1n) is 11.1. The number of aromatic nitrogens is 2. The molecule has 1 aliphatic rings. The zero-order chi connectivity index (χ0) is 24.0. The molecular formula is C27H25ClN4OS. The van der Waals surface area contributed by atoms with Crippen molar-refractivity contribution in [3.8, 4) is 11.4 Å². The van der Waals surface area contributed by atoms with Gasteiger partial charge in [0.1, 0.15) is 5.75 Å². The molecule has 5 nitrogen and oxygen atoms in total. The lowest BCUT2D eigenvalue weighted by atomic mass is 9.96. The third kappa shape index (κ3) is 3.83. The van der Waals surface area contributed by atoms with Gasteiger partial charge in [-0.25, -0.2) is 0 Å². The monoisotopic (exact) mass is 488 g/mol. The third-order valence-corrected chi connectivity index (χ3v) is 6.98. The Bertz CT molecular complexity index is 1370. The van der Waals surface area contributed by atoms with Crippen LogP contribution in [0.5, 0.6) is 5.75 Å². The number of hydrogen-bond donors (Lipinski definition) is 2. The Hall–Kier alpha value is -3.35. The first kappa shape index (κ1) is 22.4. The Labute approximate surface area is 209 Å². The molecule has 2 aromatic carbocycles. The van der Waals surface area contributed by atoms with Gasteiger partial charge in [0, 0.05) is 34.0 Å². The van der Waals surface area contributed by atoms with E-state index >= 15 is 0 Å². The Morgan fingerprint density at radius 3 is 2.47 bits per heavy atom. The number of aryl methyl sites for hydroxylation is 2. The average Bonchev–Trinajstić information content (AvgIpc) is 3.32. The van der Waals surface area contributed by atoms with Gasteiger partial charge in [0.25, 0.3) is 0 Å². The molecule has 4 aromatic rings. The molecule has 1 fully saturated rings. The minimum Gasteiger partial charge on any atom is -0.508 e. The van der Waals surface area contributed by atoms with Crippen LogP contribution in [0.25, 0.3) is 5.69 Å². The Morgan fingerprint density at radius 1 is 1.00 bits per heavy atom. The van der Waals surface area contributed by atoms with Crippen LogP contribution in [0.2, 0.25) is 5.02 Å². The second-order valence-electron chi connectivity index (χ2n) is 8.61. The van der Waals surface area contributed by atoms with Crippen LogP contribution < -0.4 is 10.2 Å². The van der Waals surface area contributed by atoms with Crippen LogP contribution in [0, 0.1) is 20.8 Å². The number of thiocarbonyl (C=S) groups is 1. The molecule has 2 N–H and O–H groups in total. The highest BCUT2D eigenvalue weighted by molar-refractivity contribution is 7.80. The summed E-state index contributed by atoms with van der Waals surface area (Å²) in [7, 11) is 0. The van der Waals surface area contributed by atoms with Crippen LogP contribution in [0.15, 0.2) is 72.9 Å². The zero-order valence-corrected chi connectivity index (χ0v) is 20.7. The quantitative estimate of drug-likeness (QED) is 0.328. The summed E-state index contributed by atoms with van der Waals surface area (Å²) in [6.45, 7) is 6.34. The number of pyridine rings is 1. The number of nitrogens with one attached hydrogen (secondary N) is 1. The first-order chi connectivity index (χ1) is 16.3. The lowest BCUT2D eigenvalue weighted by Gasteiger charge is -2.28. The van der Waals surface area contributed by atoms with Crippen molar-refractivity contribution < 1.29 is 5.11 Å². The largest absolute Gasteiger partial charge is 0.508 e. The maximum atomic E-state index is 9.85. The summed E-state index contributed by atoms with van der Waals surface area (Å²) in [5.41, 5.74) is 7.41. The molecular weight excluding hydrogens is 464 g/mol. The summed E-state index contributed by atoms with van der Waals surface area (Å²) in [6.07, 6.45) is 1.80. The molecule has 1 saturated heterocycles. The predicted octanol–water partition coefficient (Wildman–Crippen LogP) is 6.33. The van der Waals surface area contributed by atoms with Crippen molar-refractivity contribution in [1.29, 1.82) is 0 Å². The molecule has 0 saturated carbocycles. The van der Waals surface area contributed by atoms with Crippen molar-refractivity contribution in [2.45, 2.75) is 32.9 Å². The van der Waals surface area contributed by atoms with Crippen LogP contribution in [0.3, 0.4) is 0 Å². The Morgan fingerprint density at radius 2 is 1.76 bits per heavy atom. The van der Waals surface area contributed by atoms with E-state index in [4.69, 9.17) is 23.8 Å². The van der Waals surface area contributed by atoms with Gasteiger partial charge in [-0.2, -0.15) is 0 Å². The van der Waals surface area contributed by atoms with E-state index in [0.29, 0.717) is 10.1 Å². The first-order valence-corrected chi connectivity index (χ1v) is 11.9. The number of phenolic OH excluding ortho intramolecular Hbond substituents is 1. The van der Waals surface area contributed by atoms with Crippen molar-refractivity contribution >= 4 is 34.6 Å². The third-order valence-electron chi connectivity index (χ3n) is 6.43. The van der Waals surface area contributed by atoms with E-state index < -0.39 is 0 Å². The van der Waals surface area contributed by atoms with Gasteiger partial charge in [-0.15, -0.1) is 0 Å². The van der Waals surface area contributed by atoms with Gasteiger partial charge in [-0.1, -0.05) is 23.7 Å². The highest BCUT2D eigenvalue weighted by Gasteiger charge is 2.42. The number of halogens is 1. The van der Waals surface area contributed by atoms with Crippen molar-refractivity contribution in [2.24, 2.45) is 0 Å². The van der Waals surface area contributed by atoms with Crippen LogP contribution in [-0.4, -0.2) is 19.8 Å². The topological polar surface area (TPSA) is 53.3 Å². The van der Waals surface area contributed by atoms with Gasteiger partial charge < -0.3 is 19.9 Å². The molecule has 34 heavy (non-hydrogen) atoms. The molecule has 7 heteroatoms. The van der Waals surface area contributed by atoms with Gasteiger partial charge in [-0.05, 0) is 98.7 Å². The van der Waals surface area contributed by atoms with E-state index in [1.165, 1.54) is 0 Å². The number of benzene rings is 2. The molecule has 0 spiro atoms. The van der Waals surface area contributed by atoms with Gasteiger partial charge in [0.05, 0.1) is 17.8 Å². The van der Waals surface area contributed by atoms with Crippen molar-refractivity contribution in [2.75, 3.05) is 4.90 Å². The Kier molecular flexibility index (Phi) is 5.80. The highest BCUT2D eigenvalue weighted by atomic mass is 35.5. The van der Waals surface area contributed by atoms with E-state index in [1.807, 2.05) is 48.5 Å². The highest BCUT2D eigenvalue weighted by Crippen LogP contribution is 2.44. The fraction of sp³-hybridized carbons (Fsp3) is 0.185. The van der Waals surface area contributed by atoms with Crippen molar-refractivity contribution in [3.05, 3.63) is 106 Å². The maximum absolute atomic E-state index is 9.85. The molecule has 0 amide bonds. The number of phenols is 1. The minimum absolute atomic E-state index is 0.133. The van der Waals surface area contributed by atoms with Crippen molar-refractivity contribution in [1.82, 2.24) is 14.9 Å². The van der Waals surface area contributed by atoms with Gasteiger partial charge in [0.15, 0.2) is 5.11 Å². The molecule has 3 heterocycles. The number of anilines is 1. The van der Waals surface area contributed by atoms with E-state index in [2.05, 4.69) is 46.6 Å². The van der Waals surface area contributed by atoms with E-state index in [-0.39, 0.29) is 17.8 Å². The number of rotatable bonds is 4. The zero-order valence-electron chi connectivity index (χ0n) is 19.2. The molecule has 0 radical (unpaired) electrons. The van der Waals surface area contributed by atoms with Crippen molar-refractivity contribution in [3.63, 3.8) is 0 Å². The molecule has 1 aliphatic heterocycles. The second kappa shape index (κ2) is 8.78. The summed E-state index contributed by atoms with van der Waals surface area (Å²) in [5.74, 6) is 0.217. The summed E-state index contributed by atoms with van der Waals surface area (Å²) in [4.78, 5) is 6.76. The average molecular weight is 489 g/mol. The van der Waals surface area contributed by atoms with E-state index in [9.17, 15) is 5.11 Å². The molecule has 172 valence electrons. The summed E-state index contributed by atoms with van der Waals surface area (Å²) >= 11 is 12.2. The van der Waals surface area contributed by atoms with E-state index in [1.54, 1.807) is 18.3 Å². The summed E-state index contributed by atoms with van der Waals surface area (Å²) in [5, 5.41) is 14.7. The number of aromatic hydroxyl groups is 1. The molecule has 5 rings (SSSR count). The fourth-order valence-electron chi connectivity index (χ4n) is 4.84. The predicted molar refractivity (Wildman–Crippen MR) is 141 cm³/mol. The lowest BCUT2D eigenvalue weighted by molar-refractivity contribution is 0.475. The van der Waals surface area contributed by atoms with Crippen LogP contribution in [-0.2, 0) is 0 Å². The summed E-state index contributed by atoms with van der Waals surface area (Å²) in [6, 6.07) is 21.0. The van der Waals surface area contributed by atoms with Crippen LogP contribution >= 0.6 is 23.8 Å². The Balaban J connectivity index is 1.70. The normalized spacial score (nSPS) is 17.8. The maximum Gasteiger partial charge on any atom is 0.174 e. The molecule has 0 bridgehead atoms. The standard InChI is InChI=1S/C27H25ClN4OS/c1-16-7-8-19(28)15-24(16)31-17(2)14-22(18(31)3)26-25(23-6-4-5-13-29-23)30-27(34)32(26)20-9-11-21(33)12-10-20/h4-15,25-26,33H,1-3H3,(H,30,34)/t25-,26-/m0/s1. The van der Waals surface area contributed by atoms with E-state index in [0.717, 1.165) is 39.6 Å². The van der Waals surface area contributed by atoms with Crippen LogP contribution in [0.1, 0.15) is 40.3 Å². The molecule has 0 aliphatic carbocycles. The van der Waals surface area contributed by atoms with Crippen LogP contribution in [0.4, 0.5) is 5.69 Å². The van der Waals surface area contributed by atoms with Gasteiger partial charge in [0.2, 0.25) is 0 Å². The number of hydrogen-bond acceptors (Lipinski definition) is 3. The minimum atomic E-state index is -0.142. The second-order valence-corrected chi connectivity index (χ2v) is 9.43. The van der Waals surface area contributed by atoms with Gasteiger partial charge in [-0.3, -0.25) is 4.98 Å². The number of nitrogens with zero attached hydrogens (tertiary/aromatic N) is 3. The van der Waals surface area contributed by atoms with Gasteiger partial charge >= 0.3 is 0 Å². The SMILES string of the molecule is Cc1ccc(Cl)cc1-n1c(C)cc([C@H]2[C@H](c3ccccn3)NC(=S)N2c2ccc(O)cc2)c1C.